The van der Waals surface area contributed by atoms with E-state index >= 15 is 0 Å². The maximum Gasteiger partial charge on any atom is 0.252 e. The van der Waals surface area contributed by atoms with Gasteiger partial charge >= 0.3 is 0 Å². The standard InChI is InChI=1S/C23H24N4O3/c1-16(2)30-19-10-6-7-17(15-19)11-12-21(28)26-22(18-8-4-3-5-9-18)23(29)25-20-13-14-24-27-20/h3-16,22H,1-2H3,(H,26,28)(H2,24,25,27,29)/b12-11+. The van der Waals surface area contributed by atoms with E-state index in [0.717, 1.165) is 11.3 Å². The monoisotopic (exact) mass is 404 g/mol. The fraction of sp³-hybridized carbons (Fsp3) is 0.174. The second-order valence-corrected chi connectivity index (χ2v) is 6.88. The summed E-state index contributed by atoms with van der Waals surface area (Å²) in [4.78, 5) is 25.3. The topological polar surface area (TPSA) is 96.1 Å². The van der Waals surface area contributed by atoms with Crippen LogP contribution in [-0.4, -0.2) is 28.1 Å². The fourth-order valence-corrected chi connectivity index (χ4v) is 2.80. The number of aromatic nitrogens is 2. The van der Waals surface area contributed by atoms with Gasteiger partial charge in [-0.1, -0.05) is 42.5 Å². The lowest BCUT2D eigenvalue weighted by Gasteiger charge is -2.17. The lowest BCUT2D eigenvalue weighted by Crippen LogP contribution is -2.36. The summed E-state index contributed by atoms with van der Waals surface area (Å²) in [6.45, 7) is 3.90. The molecule has 154 valence electrons. The van der Waals surface area contributed by atoms with Crippen LogP contribution < -0.4 is 15.4 Å². The van der Waals surface area contributed by atoms with Gasteiger partial charge in [-0.15, -0.1) is 0 Å². The van der Waals surface area contributed by atoms with Crippen molar-refractivity contribution in [2.75, 3.05) is 5.32 Å². The zero-order valence-electron chi connectivity index (χ0n) is 16.8. The summed E-state index contributed by atoms with van der Waals surface area (Å²) in [5.41, 5.74) is 1.49. The van der Waals surface area contributed by atoms with E-state index in [1.807, 2.05) is 56.3 Å². The maximum absolute atomic E-state index is 12.8. The lowest BCUT2D eigenvalue weighted by atomic mass is 10.1. The van der Waals surface area contributed by atoms with Gasteiger partial charge in [0.2, 0.25) is 5.91 Å². The Morgan fingerprint density at radius 3 is 2.57 bits per heavy atom. The first kappa shape index (κ1) is 20.9. The van der Waals surface area contributed by atoms with Gasteiger partial charge in [0, 0.05) is 12.1 Å². The molecule has 1 unspecified atom stereocenters. The molecule has 3 rings (SSSR count). The Hall–Kier alpha value is -3.87. The van der Waals surface area contributed by atoms with E-state index in [9.17, 15) is 9.59 Å². The van der Waals surface area contributed by atoms with Crippen LogP contribution in [0.25, 0.3) is 6.08 Å². The molecule has 0 radical (unpaired) electrons. The zero-order valence-corrected chi connectivity index (χ0v) is 16.8. The predicted octanol–water partition coefficient (Wildman–Crippen LogP) is 3.71. The van der Waals surface area contributed by atoms with Gasteiger partial charge in [-0.3, -0.25) is 14.7 Å². The van der Waals surface area contributed by atoms with Crippen molar-refractivity contribution in [2.45, 2.75) is 26.0 Å². The van der Waals surface area contributed by atoms with E-state index in [4.69, 9.17) is 4.74 Å². The number of nitrogens with one attached hydrogen (secondary N) is 3. The first-order valence-electron chi connectivity index (χ1n) is 9.62. The molecule has 0 bridgehead atoms. The minimum absolute atomic E-state index is 0.0625. The Labute approximate surface area is 175 Å². The number of anilines is 1. The summed E-state index contributed by atoms with van der Waals surface area (Å²) in [7, 11) is 0. The second kappa shape index (κ2) is 10.1. The van der Waals surface area contributed by atoms with Crippen LogP contribution in [-0.2, 0) is 9.59 Å². The van der Waals surface area contributed by atoms with Gasteiger partial charge in [0.05, 0.1) is 12.3 Å². The van der Waals surface area contributed by atoms with Gasteiger partial charge in [0.1, 0.15) is 17.6 Å². The second-order valence-electron chi connectivity index (χ2n) is 6.88. The van der Waals surface area contributed by atoms with Crippen molar-refractivity contribution in [1.82, 2.24) is 15.5 Å². The number of aromatic amines is 1. The highest BCUT2D eigenvalue weighted by molar-refractivity contribution is 6.00. The molecule has 0 fully saturated rings. The number of hydrogen-bond donors (Lipinski definition) is 3. The molecule has 0 aliphatic heterocycles. The molecular formula is C23H24N4O3. The Morgan fingerprint density at radius 1 is 1.07 bits per heavy atom. The molecule has 0 saturated heterocycles. The summed E-state index contributed by atoms with van der Waals surface area (Å²) < 4.78 is 5.67. The molecule has 0 aliphatic carbocycles. The molecular weight excluding hydrogens is 380 g/mol. The molecule has 1 aromatic heterocycles. The Morgan fingerprint density at radius 2 is 1.87 bits per heavy atom. The number of rotatable bonds is 8. The van der Waals surface area contributed by atoms with Crippen molar-refractivity contribution in [2.24, 2.45) is 0 Å². The van der Waals surface area contributed by atoms with Crippen LogP contribution >= 0.6 is 0 Å². The minimum atomic E-state index is -0.859. The number of carbonyl (C=O) groups is 2. The minimum Gasteiger partial charge on any atom is -0.491 e. The van der Waals surface area contributed by atoms with E-state index in [0.29, 0.717) is 11.4 Å². The molecule has 3 N–H and O–H groups in total. The van der Waals surface area contributed by atoms with Gasteiger partial charge in [-0.2, -0.15) is 5.10 Å². The Balaban J connectivity index is 1.71. The molecule has 0 spiro atoms. The zero-order chi connectivity index (χ0) is 21.3. The SMILES string of the molecule is CC(C)Oc1cccc(/C=C/C(=O)NC(C(=O)Nc2ccn[nH]2)c2ccccc2)c1. The number of H-pyrrole nitrogens is 1. The van der Waals surface area contributed by atoms with Crippen molar-refractivity contribution < 1.29 is 14.3 Å². The van der Waals surface area contributed by atoms with Crippen molar-refractivity contribution in [3.63, 3.8) is 0 Å². The highest BCUT2D eigenvalue weighted by Gasteiger charge is 2.22. The van der Waals surface area contributed by atoms with Crippen molar-refractivity contribution in [3.8, 4) is 5.75 Å². The molecule has 7 heteroatoms. The van der Waals surface area contributed by atoms with E-state index in [1.165, 1.54) is 12.3 Å². The summed E-state index contributed by atoms with van der Waals surface area (Å²) >= 11 is 0. The highest BCUT2D eigenvalue weighted by atomic mass is 16.5. The van der Waals surface area contributed by atoms with Crippen molar-refractivity contribution in [3.05, 3.63) is 84.1 Å². The average molecular weight is 404 g/mol. The molecule has 3 aromatic rings. The summed E-state index contributed by atoms with van der Waals surface area (Å²) in [5.74, 6) is 0.416. The molecule has 1 heterocycles. The molecule has 7 nitrogen and oxygen atoms in total. The number of nitrogens with zero attached hydrogens (tertiary/aromatic N) is 1. The maximum atomic E-state index is 12.8. The van der Waals surface area contributed by atoms with E-state index in [-0.39, 0.29) is 12.0 Å². The quantitative estimate of drug-likeness (QED) is 0.499. The third kappa shape index (κ3) is 6.07. The highest BCUT2D eigenvalue weighted by Crippen LogP contribution is 2.17. The van der Waals surface area contributed by atoms with Crippen LogP contribution in [0.15, 0.2) is 72.9 Å². The third-order valence-electron chi connectivity index (χ3n) is 4.10. The summed E-state index contributed by atoms with van der Waals surface area (Å²) in [5, 5.41) is 12.0. The molecule has 2 aromatic carbocycles. The van der Waals surface area contributed by atoms with Crippen molar-refractivity contribution in [1.29, 1.82) is 0 Å². The molecule has 2 amide bonds. The molecule has 0 aliphatic rings. The third-order valence-corrected chi connectivity index (χ3v) is 4.10. The Kier molecular flexibility index (Phi) is 7.00. The predicted molar refractivity (Wildman–Crippen MR) is 116 cm³/mol. The van der Waals surface area contributed by atoms with Crippen LogP contribution in [0.4, 0.5) is 5.82 Å². The molecule has 0 saturated carbocycles. The van der Waals surface area contributed by atoms with Gasteiger partial charge in [0.25, 0.3) is 5.91 Å². The first-order valence-corrected chi connectivity index (χ1v) is 9.62. The fourth-order valence-electron chi connectivity index (χ4n) is 2.80. The smallest absolute Gasteiger partial charge is 0.252 e. The largest absolute Gasteiger partial charge is 0.491 e. The number of amides is 2. The van der Waals surface area contributed by atoms with Crippen LogP contribution in [0.3, 0.4) is 0 Å². The van der Waals surface area contributed by atoms with Gasteiger partial charge in [0.15, 0.2) is 0 Å². The lowest BCUT2D eigenvalue weighted by molar-refractivity contribution is -0.124. The van der Waals surface area contributed by atoms with Crippen LogP contribution in [0.5, 0.6) is 5.75 Å². The summed E-state index contributed by atoms with van der Waals surface area (Å²) in [6.07, 6.45) is 4.67. The Bertz CT molecular complexity index is 998. The van der Waals surface area contributed by atoms with Gasteiger partial charge in [-0.05, 0) is 43.2 Å². The number of hydrogen-bond acceptors (Lipinski definition) is 4. The normalized spacial score (nSPS) is 12.0. The van der Waals surface area contributed by atoms with Crippen LogP contribution in [0, 0.1) is 0 Å². The molecule has 30 heavy (non-hydrogen) atoms. The van der Waals surface area contributed by atoms with Crippen molar-refractivity contribution >= 4 is 23.7 Å². The van der Waals surface area contributed by atoms with Crippen LogP contribution in [0.1, 0.15) is 31.0 Å². The van der Waals surface area contributed by atoms with Gasteiger partial charge < -0.3 is 15.4 Å². The number of ether oxygens (including phenoxy) is 1. The number of carbonyl (C=O) groups excluding carboxylic acids is 2. The van der Waals surface area contributed by atoms with E-state index in [2.05, 4.69) is 20.8 Å². The first-order chi connectivity index (χ1) is 14.5. The average Bonchev–Trinajstić information content (AvgIpc) is 3.24. The van der Waals surface area contributed by atoms with Gasteiger partial charge in [-0.25, -0.2) is 0 Å². The summed E-state index contributed by atoms with van der Waals surface area (Å²) in [6, 6.07) is 17.3. The van der Waals surface area contributed by atoms with E-state index in [1.54, 1.807) is 24.3 Å². The van der Waals surface area contributed by atoms with Crippen LogP contribution in [0.2, 0.25) is 0 Å². The number of benzene rings is 2. The van der Waals surface area contributed by atoms with E-state index < -0.39 is 11.9 Å². The molecule has 1 atom stereocenters.